The van der Waals surface area contributed by atoms with E-state index in [1.54, 1.807) is 23.8 Å². The summed E-state index contributed by atoms with van der Waals surface area (Å²) in [5, 5.41) is 2.90. The van der Waals surface area contributed by atoms with Crippen LogP contribution < -0.4 is 15.0 Å². The van der Waals surface area contributed by atoms with Crippen molar-refractivity contribution in [2.75, 3.05) is 23.9 Å². The van der Waals surface area contributed by atoms with E-state index in [2.05, 4.69) is 11.4 Å². The van der Waals surface area contributed by atoms with Crippen molar-refractivity contribution >= 4 is 35.0 Å². The number of fused-ring (bicyclic) bond motifs is 1. The number of nitrogens with one attached hydrogen (secondary N) is 1. The van der Waals surface area contributed by atoms with Gasteiger partial charge in [-0.15, -0.1) is 11.8 Å². The van der Waals surface area contributed by atoms with E-state index in [-0.39, 0.29) is 23.6 Å². The van der Waals surface area contributed by atoms with Crippen molar-refractivity contribution in [2.24, 2.45) is 0 Å². The molecular formula is C26H26N2O3S. The van der Waals surface area contributed by atoms with E-state index in [1.807, 2.05) is 74.5 Å². The number of aryl methyl sites for hydroxylation is 2. The lowest BCUT2D eigenvalue weighted by atomic mass is 10.1. The molecule has 0 unspecified atom stereocenters. The zero-order valence-electron chi connectivity index (χ0n) is 18.4. The van der Waals surface area contributed by atoms with Crippen molar-refractivity contribution in [3.63, 3.8) is 0 Å². The van der Waals surface area contributed by atoms with Crippen LogP contribution in [0.4, 0.5) is 11.4 Å². The van der Waals surface area contributed by atoms with Crippen LogP contribution >= 0.6 is 11.8 Å². The van der Waals surface area contributed by atoms with E-state index >= 15 is 0 Å². The zero-order chi connectivity index (χ0) is 22.7. The first-order valence-electron chi connectivity index (χ1n) is 10.5. The summed E-state index contributed by atoms with van der Waals surface area (Å²) in [5.41, 5.74) is 4.73. The van der Waals surface area contributed by atoms with E-state index < -0.39 is 0 Å². The third-order valence-electron chi connectivity index (χ3n) is 5.38. The van der Waals surface area contributed by atoms with E-state index in [0.29, 0.717) is 6.42 Å². The number of hydrogen-bond acceptors (Lipinski definition) is 4. The molecule has 1 heterocycles. The van der Waals surface area contributed by atoms with Gasteiger partial charge in [0.15, 0.2) is 0 Å². The summed E-state index contributed by atoms with van der Waals surface area (Å²) in [6.07, 6.45) is 0.308. The molecule has 2 amide bonds. The standard InChI is InChI=1S/C26H26N2O3S/c1-17-12-18(2)14-20(13-17)27-25(29)16-28-22-6-4-5-7-23(22)32-24(15-26(28)30)19-8-10-21(31-3)11-9-19/h4-14,24H,15-16H2,1-3H3,(H,27,29)/t24-/m0/s1. The molecule has 0 fully saturated rings. The molecule has 3 aromatic carbocycles. The average molecular weight is 447 g/mol. The summed E-state index contributed by atoms with van der Waals surface area (Å²) in [6.45, 7) is 3.96. The van der Waals surface area contributed by atoms with Crippen molar-refractivity contribution in [2.45, 2.75) is 30.4 Å². The van der Waals surface area contributed by atoms with Gasteiger partial charge in [-0.2, -0.15) is 0 Å². The SMILES string of the molecule is COc1ccc([C@@H]2CC(=O)N(CC(=O)Nc3cc(C)cc(C)c3)c3ccccc3S2)cc1. The van der Waals surface area contributed by atoms with Crippen LogP contribution in [0.2, 0.25) is 0 Å². The second-order valence-corrected chi connectivity index (χ2v) is 9.20. The number of hydrogen-bond donors (Lipinski definition) is 1. The molecule has 0 saturated heterocycles. The molecule has 1 N–H and O–H groups in total. The predicted molar refractivity (Wildman–Crippen MR) is 130 cm³/mol. The molecule has 5 nitrogen and oxygen atoms in total. The minimum absolute atomic E-state index is 0.0290. The first-order chi connectivity index (χ1) is 15.4. The predicted octanol–water partition coefficient (Wildman–Crippen LogP) is 5.52. The third kappa shape index (κ3) is 4.97. The molecule has 0 saturated carbocycles. The highest BCUT2D eigenvalue weighted by Gasteiger charge is 2.30. The maximum absolute atomic E-state index is 13.3. The van der Waals surface area contributed by atoms with Gasteiger partial charge in [-0.05, 0) is 66.9 Å². The van der Waals surface area contributed by atoms with Crippen LogP contribution in [0.3, 0.4) is 0 Å². The summed E-state index contributed by atoms with van der Waals surface area (Å²) in [5.74, 6) is 0.494. The first-order valence-corrected chi connectivity index (χ1v) is 11.4. The first kappa shape index (κ1) is 22.0. The molecule has 1 aliphatic rings. The van der Waals surface area contributed by atoms with Crippen LogP contribution in [-0.4, -0.2) is 25.5 Å². The van der Waals surface area contributed by atoms with Gasteiger partial charge in [0.05, 0.1) is 12.8 Å². The van der Waals surface area contributed by atoms with Gasteiger partial charge >= 0.3 is 0 Å². The molecule has 3 aromatic rings. The topological polar surface area (TPSA) is 58.6 Å². The Morgan fingerprint density at radius 1 is 1.06 bits per heavy atom. The fraction of sp³-hybridized carbons (Fsp3) is 0.231. The number of methoxy groups -OCH3 is 1. The highest BCUT2D eigenvalue weighted by molar-refractivity contribution is 7.99. The summed E-state index contributed by atoms with van der Waals surface area (Å²) in [6, 6.07) is 21.5. The smallest absolute Gasteiger partial charge is 0.244 e. The van der Waals surface area contributed by atoms with Gasteiger partial charge in [-0.1, -0.05) is 30.3 Å². The van der Waals surface area contributed by atoms with E-state index in [9.17, 15) is 9.59 Å². The minimum Gasteiger partial charge on any atom is -0.497 e. The molecule has 1 aliphatic heterocycles. The van der Waals surface area contributed by atoms with E-state index in [0.717, 1.165) is 38.7 Å². The number of rotatable bonds is 5. The Hall–Kier alpha value is -3.25. The lowest BCUT2D eigenvalue weighted by molar-refractivity contribution is -0.121. The molecule has 164 valence electrons. The largest absolute Gasteiger partial charge is 0.497 e. The van der Waals surface area contributed by atoms with E-state index in [4.69, 9.17) is 4.74 Å². The van der Waals surface area contributed by atoms with Gasteiger partial charge in [-0.3, -0.25) is 9.59 Å². The number of para-hydroxylation sites is 1. The highest BCUT2D eigenvalue weighted by atomic mass is 32.2. The van der Waals surface area contributed by atoms with Gasteiger partial charge < -0.3 is 15.0 Å². The Balaban J connectivity index is 1.57. The van der Waals surface area contributed by atoms with Gasteiger partial charge in [0.25, 0.3) is 0 Å². The molecule has 1 atom stereocenters. The quantitative estimate of drug-likeness (QED) is 0.561. The molecular weight excluding hydrogens is 420 g/mol. The van der Waals surface area contributed by atoms with Crippen LogP contribution in [0, 0.1) is 13.8 Å². The Morgan fingerprint density at radius 3 is 2.44 bits per heavy atom. The summed E-state index contributed by atoms with van der Waals surface area (Å²) in [7, 11) is 1.64. The molecule has 0 spiro atoms. The van der Waals surface area contributed by atoms with Gasteiger partial charge in [0, 0.05) is 22.3 Å². The monoisotopic (exact) mass is 446 g/mol. The maximum atomic E-state index is 13.3. The normalized spacial score (nSPS) is 15.7. The Labute approximate surface area is 192 Å². The van der Waals surface area contributed by atoms with Crippen LogP contribution in [0.15, 0.2) is 71.6 Å². The number of benzene rings is 3. The molecule has 32 heavy (non-hydrogen) atoms. The fourth-order valence-electron chi connectivity index (χ4n) is 3.95. The molecule has 6 heteroatoms. The average Bonchev–Trinajstić information content (AvgIpc) is 2.90. The van der Waals surface area contributed by atoms with Crippen LogP contribution in [0.5, 0.6) is 5.75 Å². The summed E-state index contributed by atoms with van der Waals surface area (Å²) >= 11 is 1.65. The lowest BCUT2D eigenvalue weighted by Gasteiger charge is -2.22. The molecule has 4 rings (SSSR count). The lowest BCUT2D eigenvalue weighted by Crippen LogP contribution is -2.38. The Kier molecular flexibility index (Phi) is 6.51. The minimum atomic E-state index is -0.217. The Bertz CT molecular complexity index is 1120. The number of anilines is 2. The van der Waals surface area contributed by atoms with Crippen molar-refractivity contribution in [1.29, 1.82) is 0 Å². The number of thioether (sulfide) groups is 1. The fourth-order valence-corrected chi connectivity index (χ4v) is 5.23. The Morgan fingerprint density at radius 2 is 1.75 bits per heavy atom. The molecule has 0 aromatic heterocycles. The van der Waals surface area contributed by atoms with Gasteiger partial charge in [-0.25, -0.2) is 0 Å². The zero-order valence-corrected chi connectivity index (χ0v) is 19.2. The highest BCUT2D eigenvalue weighted by Crippen LogP contribution is 2.45. The van der Waals surface area contributed by atoms with Crippen LogP contribution in [0.25, 0.3) is 0 Å². The van der Waals surface area contributed by atoms with Gasteiger partial charge in [0.2, 0.25) is 11.8 Å². The van der Waals surface area contributed by atoms with Crippen molar-refractivity contribution in [1.82, 2.24) is 0 Å². The van der Waals surface area contributed by atoms with E-state index in [1.165, 1.54) is 0 Å². The van der Waals surface area contributed by atoms with Crippen molar-refractivity contribution in [3.8, 4) is 5.75 Å². The number of carbonyl (C=O) groups is 2. The van der Waals surface area contributed by atoms with Crippen LogP contribution in [0.1, 0.15) is 28.4 Å². The number of amides is 2. The number of nitrogens with zero attached hydrogens (tertiary/aromatic N) is 1. The maximum Gasteiger partial charge on any atom is 0.244 e. The molecule has 0 radical (unpaired) electrons. The van der Waals surface area contributed by atoms with Crippen molar-refractivity contribution < 1.29 is 14.3 Å². The van der Waals surface area contributed by atoms with Gasteiger partial charge in [0.1, 0.15) is 12.3 Å². The second kappa shape index (κ2) is 9.49. The summed E-state index contributed by atoms with van der Waals surface area (Å²) in [4.78, 5) is 28.7. The van der Waals surface area contributed by atoms with Crippen LogP contribution in [-0.2, 0) is 9.59 Å². The van der Waals surface area contributed by atoms with Crippen molar-refractivity contribution in [3.05, 3.63) is 83.4 Å². The number of carbonyl (C=O) groups excluding carboxylic acids is 2. The third-order valence-corrected chi connectivity index (χ3v) is 6.70. The second-order valence-electron chi connectivity index (χ2n) is 7.96. The summed E-state index contributed by atoms with van der Waals surface area (Å²) < 4.78 is 5.26. The molecule has 0 aliphatic carbocycles. The molecule has 0 bridgehead atoms. The number of ether oxygens (including phenoxy) is 1.